The van der Waals surface area contributed by atoms with Gasteiger partial charge in [0, 0.05) is 16.0 Å². The van der Waals surface area contributed by atoms with Crippen LogP contribution in [-0.4, -0.2) is 16.1 Å². The van der Waals surface area contributed by atoms with Gasteiger partial charge in [-0.15, -0.1) is 0 Å². The fourth-order valence-corrected chi connectivity index (χ4v) is 4.22. The molecule has 1 N–H and O–H groups in total. The van der Waals surface area contributed by atoms with E-state index in [1.54, 1.807) is 0 Å². The molecule has 1 aliphatic rings. The van der Waals surface area contributed by atoms with Crippen LogP contribution in [-0.2, 0) is 6.42 Å². The van der Waals surface area contributed by atoms with Gasteiger partial charge in [0.2, 0.25) is 0 Å². The van der Waals surface area contributed by atoms with Crippen LogP contribution in [0.4, 0.5) is 0 Å². The molecule has 4 nitrogen and oxygen atoms in total. The number of aromatic carboxylic acids is 1. The molecular weight excluding hydrogens is 398 g/mol. The van der Waals surface area contributed by atoms with Gasteiger partial charge in [0.15, 0.2) is 0 Å². The smallest absolute Gasteiger partial charge is 0.336 e. The van der Waals surface area contributed by atoms with E-state index in [9.17, 15) is 9.90 Å². The number of halogens is 1. The van der Waals surface area contributed by atoms with E-state index < -0.39 is 5.97 Å². The number of allylic oxidation sites excluding steroid dienone is 1. The zero-order valence-electron chi connectivity index (χ0n) is 16.1. The van der Waals surface area contributed by atoms with Crippen molar-refractivity contribution in [1.82, 2.24) is 4.98 Å². The standard InChI is InChI=1S/C25H18ClNO3/c26-17-10-8-15(9-11-17)22-13-12-18(30-22)14-16-4-3-6-20-23(25(28)29)19-5-1-2-7-21(19)27-24(16)20/h1-2,5,7-14H,3-4,6H2,(H,28,29)/b16-14+. The predicted octanol–water partition coefficient (Wildman–Crippen LogP) is 6.72. The van der Waals surface area contributed by atoms with Gasteiger partial charge in [-0.1, -0.05) is 29.8 Å². The third-order valence-electron chi connectivity index (χ3n) is 5.46. The Morgan fingerprint density at radius 2 is 1.83 bits per heavy atom. The number of aromatic nitrogens is 1. The Morgan fingerprint density at radius 1 is 1.03 bits per heavy atom. The molecule has 0 saturated heterocycles. The third-order valence-corrected chi connectivity index (χ3v) is 5.71. The molecule has 0 spiro atoms. The van der Waals surface area contributed by atoms with E-state index in [1.165, 1.54) is 0 Å². The number of para-hydroxylation sites is 1. The van der Waals surface area contributed by atoms with Crippen molar-refractivity contribution >= 4 is 40.1 Å². The predicted molar refractivity (Wildman–Crippen MR) is 119 cm³/mol. The highest BCUT2D eigenvalue weighted by atomic mass is 35.5. The van der Waals surface area contributed by atoms with Gasteiger partial charge in [-0.25, -0.2) is 9.78 Å². The Bertz CT molecular complexity index is 1300. The van der Waals surface area contributed by atoms with Crippen molar-refractivity contribution in [3.8, 4) is 11.3 Å². The molecule has 5 rings (SSSR count). The van der Waals surface area contributed by atoms with Crippen molar-refractivity contribution in [3.05, 3.63) is 88.3 Å². The zero-order chi connectivity index (χ0) is 20.7. The molecule has 0 atom stereocenters. The maximum absolute atomic E-state index is 12.1. The Balaban J connectivity index is 1.60. The second kappa shape index (κ2) is 7.47. The van der Waals surface area contributed by atoms with Gasteiger partial charge in [-0.2, -0.15) is 0 Å². The second-order valence-corrected chi connectivity index (χ2v) is 7.80. The van der Waals surface area contributed by atoms with Gasteiger partial charge >= 0.3 is 5.97 Å². The van der Waals surface area contributed by atoms with Crippen molar-refractivity contribution in [2.75, 3.05) is 0 Å². The molecule has 0 amide bonds. The monoisotopic (exact) mass is 415 g/mol. The topological polar surface area (TPSA) is 63.3 Å². The van der Waals surface area contributed by atoms with E-state index in [0.717, 1.165) is 46.8 Å². The highest BCUT2D eigenvalue weighted by molar-refractivity contribution is 6.30. The maximum atomic E-state index is 12.1. The first kappa shape index (κ1) is 18.6. The molecule has 148 valence electrons. The summed E-state index contributed by atoms with van der Waals surface area (Å²) >= 11 is 5.97. The van der Waals surface area contributed by atoms with Crippen LogP contribution in [0.2, 0.25) is 5.02 Å². The summed E-state index contributed by atoms with van der Waals surface area (Å²) in [5.74, 6) is 0.566. The number of pyridine rings is 1. The molecule has 30 heavy (non-hydrogen) atoms. The van der Waals surface area contributed by atoms with Crippen molar-refractivity contribution in [2.45, 2.75) is 19.3 Å². The summed E-state index contributed by atoms with van der Waals surface area (Å²) < 4.78 is 6.03. The second-order valence-electron chi connectivity index (χ2n) is 7.37. The summed E-state index contributed by atoms with van der Waals surface area (Å²) in [4.78, 5) is 16.9. The molecule has 2 aromatic heterocycles. The quantitative estimate of drug-likeness (QED) is 0.403. The summed E-state index contributed by atoms with van der Waals surface area (Å²) in [6, 6.07) is 18.8. The summed E-state index contributed by atoms with van der Waals surface area (Å²) in [5.41, 5.74) is 4.59. The van der Waals surface area contributed by atoms with Gasteiger partial charge in [-0.05, 0) is 78.9 Å². The van der Waals surface area contributed by atoms with Crippen molar-refractivity contribution in [3.63, 3.8) is 0 Å². The molecule has 0 bridgehead atoms. The summed E-state index contributed by atoms with van der Waals surface area (Å²) in [6.45, 7) is 0. The van der Waals surface area contributed by atoms with E-state index in [1.807, 2.05) is 66.7 Å². The van der Waals surface area contributed by atoms with Gasteiger partial charge < -0.3 is 9.52 Å². The SMILES string of the molecule is O=C(O)c1c2c(nc3ccccc13)/C(=C/c1ccc(-c3ccc(Cl)cc3)o1)CCC2. The minimum absolute atomic E-state index is 0.363. The Hall–Kier alpha value is -3.37. The number of carboxylic acid groups (broad SMARTS) is 1. The number of hydrogen-bond donors (Lipinski definition) is 1. The van der Waals surface area contributed by atoms with Gasteiger partial charge in [-0.3, -0.25) is 0 Å². The molecular formula is C25H18ClNO3. The van der Waals surface area contributed by atoms with Gasteiger partial charge in [0.05, 0.1) is 16.8 Å². The summed E-state index contributed by atoms with van der Waals surface area (Å²) in [5, 5.41) is 11.3. The fourth-order valence-electron chi connectivity index (χ4n) is 4.09. The average molecular weight is 416 g/mol. The van der Waals surface area contributed by atoms with Gasteiger partial charge in [0.1, 0.15) is 11.5 Å². The lowest BCUT2D eigenvalue weighted by Gasteiger charge is -2.21. The molecule has 0 radical (unpaired) electrons. The number of rotatable bonds is 3. The molecule has 5 heteroatoms. The maximum Gasteiger partial charge on any atom is 0.336 e. The minimum atomic E-state index is -0.908. The lowest BCUT2D eigenvalue weighted by atomic mass is 9.86. The van der Waals surface area contributed by atoms with Crippen molar-refractivity contribution in [1.29, 1.82) is 0 Å². The van der Waals surface area contributed by atoms with E-state index >= 15 is 0 Å². The Morgan fingerprint density at radius 3 is 2.63 bits per heavy atom. The number of carbonyl (C=O) groups is 1. The molecule has 0 saturated carbocycles. The minimum Gasteiger partial charge on any atom is -0.478 e. The van der Waals surface area contributed by atoms with Crippen LogP contribution in [0.5, 0.6) is 0 Å². The highest BCUT2D eigenvalue weighted by Crippen LogP contribution is 2.36. The molecule has 0 fully saturated rings. The van der Waals surface area contributed by atoms with E-state index in [-0.39, 0.29) is 0 Å². The number of hydrogen-bond acceptors (Lipinski definition) is 3. The van der Waals surface area contributed by atoms with Crippen LogP contribution in [0.1, 0.15) is 40.2 Å². The van der Waals surface area contributed by atoms with Crippen LogP contribution in [0.25, 0.3) is 33.9 Å². The third kappa shape index (κ3) is 3.29. The molecule has 2 aromatic carbocycles. The van der Waals surface area contributed by atoms with Crippen LogP contribution >= 0.6 is 11.6 Å². The molecule has 0 unspecified atom stereocenters. The van der Waals surface area contributed by atoms with Crippen LogP contribution in [0.3, 0.4) is 0 Å². The number of benzene rings is 2. The molecule has 2 heterocycles. The zero-order valence-corrected chi connectivity index (χ0v) is 16.8. The van der Waals surface area contributed by atoms with Crippen molar-refractivity contribution in [2.24, 2.45) is 0 Å². The first-order valence-corrected chi connectivity index (χ1v) is 10.2. The number of carboxylic acids is 1. The molecule has 0 aliphatic heterocycles. The average Bonchev–Trinajstić information content (AvgIpc) is 3.21. The number of fused-ring (bicyclic) bond motifs is 2. The fraction of sp³-hybridized carbons (Fsp3) is 0.120. The van der Waals surface area contributed by atoms with Gasteiger partial charge in [0.25, 0.3) is 0 Å². The molecule has 4 aromatic rings. The normalized spacial score (nSPS) is 14.8. The highest BCUT2D eigenvalue weighted by Gasteiger charge is 2.25. The summed E-state index contributed by atoms with van der Waals surface area (Å²) in [6.07, 6.45) is 4.39. The largest absolute Gasteiger partial charge is 0.478 e. The van der Waals surface area contributed by atoms with Crippen LogP contribution in [0, 0.1) is 0 Å². The van der Waals surface area contributed by atoms with E-state index in [4.69, 9.17) is 21.0 Å². The lowest BCUT2D eigenvalue weighted by molar-refractivity contribution is 0.0697. The summed E-state index contributed by atoms with van der Waals surface area (Å²) in [7, 11) is 0. The van der Waals surface area contributed by atoms with E-state index in [0.29, 0.717) is 27.9 Å². The van der Waals surface area contributed by atoms with Crippen LogP contribution in [0.15, 0.2) is 65.1 Å². The number of nitrogens with zero attached hydrogens (tertiary/aromatic N) is 1. The first-order chi connectivity index (χ1) is 14.6. The number of furan rings is 1. The van der Waals surface area contributed by atoms with Crippen molar-refractivity contribution < 1.29 is 14.3 Å². The Labute approximate surface area is 178 Å². The lowest BCUT2D eigenvalue weighted by Crippen LogP contribution is -2.13. The molecule has 1 aliphatic carbocycles. The van der Waals surface area contributed by atoms with Crippen LogP contribution < -0.4 is 0 Å². The van der Waals surface area contributed by atoms with E-state index in [2.05, 4.69) is 0 Å². The Kier molecular flexibility index (Phi) is 4.64. The first-order valence-electron chi connectivity index (χ1n) is 9.82.